The summed E-state index contributed by atoms with van der Waals surface area (Å²) in [5, 5.41) is 12.3. The number of hydrogen-bond acceptors (Lipinski definition) is 5. The molecule has 7 nitrogen and oxygen atoms in total. The van der Waals surface area contributed by atoms with Gasteiger partial charge in [-0.15, -0.1) is 0 Å². The number of fused-ring (bicyclic) bond motifs is 1. The van der Waals surface area contributed by atoms with Crippen molar-refractivity contribution in [1.82, 2.24) is 14.7 Å². The fourth-order valence-corrected chi connectivity index (χ4v) is 6.63. The van der Waals surface area contributed by atoms with Gasteiger partial charge < -0.3 is 19.4 Å². The Morgan fingerprint density at radius 3 is 2.40 bits per heavy atom. The molecule has 1 aliphatic heterocycles. The summed E-state index contributed by atoms with van der Waals surface area (Å²) in [5.41, 5.74) is 3.16. The zero-order chi connectivity index (χ0) is 33.5. The SMILES string of the molecule is CN(C)C(=O)COc1ccccc1C1CCN(CCC(CN(C)C(=O)c2cc(C#N)cc3ccccc23)c2ccc(Cl)c(Cl)c2)CC1. The Morgan fingerprint density at radius 1 is 0.957 bits per heavy atom. The van der Waals surface area contributed by atoms with Gasteiger partial charge in [0.1, 0.15) is 5.75 Å². The van der Waals surface area contributed by atoms with Gasteiger partial charge in [0.25, 0.3) is 11.8 Å². The van der Waals surface area contributed by atoms with Gasteiger partial charge in [-0.1, -0.05) is 71.7 Å². The Bertz CT molecular complexity index is 1780. The van der Waals surface area contributed by atoms with Crippen molar-refractivity contribution in [1.29, 1.82) is 5.26 Å². The first kappa shape index (κ1) is 34.3. The molecule has 1 unspecified atom stereocenters. The molecule has 244 valence electrons. The number of halogens is 2. The van der Waals surface area contributed by atoms with Crippen molar-refractivity contribution in [3.63, 3.8) is 0 Å². The van der Waals surface area contributed by atoms with E-state index in [4.69, 9.17) is 27.9 Å². The highest BCUT2D eigenvalue weighted by molar-refractivity contribution is 6.42. The number of carbonyl (C=O) groups is 2. The zero-order valence-corrected chi connectivity index (χ0v) is 28.6. The first-order valence-corrected chi connectivity index (χ1v) is 16.7. The van der Waals surface area contributed by atoms with Crippen LogP contribution in [0.15, 0.2) is 78.9 Å². The number of piperidine rings is 1. The van der Waals surface area contributed by atoms with Crippen LogP contribution in [-0.4, -0.2) is 80.4 Å². The highest BCUT2D eigenvalue weighted by Crippen LogP contribution is 2.35. The first-order chi connectivity index (χ1) is 22.6. The van der Waals surface area contributed by atoms with Gasteiger partial charge in [0.15, 0.2) is 6.61 Å². The molecular formula is C38H40Cl2N4O3. The summed E-state index contributed by atoms with van der Waals surface area (Å²) in [4.78, 5) is 31.7. The molecule has 0 aromatic heterocycles. The third-order valence-corrected chi connectivity index (χ3v) is 9.81. The number of likely N-dealkylation sites (tertiary alicyclic amines) is 1. The lowest BCUT2D eigenvalue weighted by Crippen LogP contribution is -2.36. The number of ether oxygens (including phenoxy) is 1. The molecule has 4 aromatic carbocycles. The molecule has 0 N–H and O–H groups in total. The van der Waals surface area contributed by atoms with Gasteiger partial charge in [-0.3, -0.25) is 9.59 Å². The van der Waals surface area contributed by atoms with Crippen LogP contribution in [0.1, 0.15) is 58.1 Å². The highest BCUT2D eigenvalue weighted by atomic mass is 35.5. The fourth-order valence-electron chi connectivity index (χ4n) is 6.32. The Morgan fingerprint density at radius 2 is 1.68 bits per heavy atom. The molecule has 1 atom stereocenters. The smallest absolute Gasteiger partial charge is 0.259 e. The van der Waals surface area contributed by atoms with E-state index < -0.39 is 0 Å². The number of rotatable bonds is 11. The lowest BCUT2D eigenvalue weighted by molar-refractivity contribution is -0.130. The van der Waals surface area contributed by atoms with E-state index in [0.29, 0.717) is 33.6 Å². The van der Waals surface area contributed by atoms with Crippen molar-refractivity contribution in [2.45, 2.75) is 31.1 Å². The second-order valence-electron chi connectivity index (χ2n) is 12.4. The number of nitriles is 1. The van der Waals surface area contributed by atoms with Crippen LogP contribution in [-0.2, 0) is 4.79 Å². The molecule has 0 spiro atoms. The largest absolute Gasteiger partial charge is 0.483 e. The van der Waals surface area contributed by atoms with Crippen LogP contribution in [0.4, 0.5) is 0 Å². The van der Waals surface area contributed by atoms with Crippen molar-refractivity contribution in [2.24, 2.45) is 0 Å². The minimum atomic E-state index is -0.127. The van der Waals surface area contributed by atoms with Crippen molar-refractivity contribution >= 4 is 45.8 Å². The van der Waals surface area contributed by atoms with Crippen LogP contribution in [0.25, 0.3) is 10.8 Å². The van der Waals surface area contributed by atoms with Gasteiger partial charge in [0.05, 0.1) is 21.7 Å². The maximum Gasteiger partial charge on any atom is 0.259 e. The Kier molecular flexibility index (Phi) is 11.4. The molecule has 4 aromatic rings. The second-order valence-corrected chi connectivity index (χ2v) is 13.2. The van der Waals surface area contributed by atoms with E-state index in [1.165, 1.54) is 4.90 Å². The number of likely N-dealkylation sites (N-methyl/N-ethyl adjacent to an activating group) is 2. The summed E-state index contributed by atoms with van der Waals surface area (Å²) in [5.74, 6) is 0.956. The minimum Gasteiger partial charge on any atom is -0.483 e. The van der Waals surface area contributed by atoms with Gasteiger partial charge >= 0.3 is 0 Å². The third kappa shape index (κ3) is 8.44. The van der Waals surface area contributed by atoms with Gasteiger partial charge in [0, 0.05) is 39.2 Å². The summed E-state index contributed by atoms with van der Waals surface area (Å²) in [7, 11) is 5.27. The quantitative estimate of drug-likeness (QED) is 0.164. The molecule has 1 fully saturated rings. The molecule has 0 bridgehead atoms. The molecule has 1 aliphatic rings. The molecule has 0 saturated carbocycles. The van der Waals surface area contributed by atoms with Gasteiger partial charge in [0.2, 0.25) is 0 Å². The van der Waals surface area contributed by atoms with E-state index in [9.17, 15) is 14.9 Å². The summed E-state index contributed by atoms with van der Waals surface area (Å²) < 4.78 is 5.94. The summed E-state index contributed by atoms with van der Waals surface area (Å²) >= 11 is 12.7. The van der Waals surface area contributed by atoms with E-state index in [1.807, 2.05) is 73.8 Å². The highest BCUT2D eigenvalue weighted by Gasteiger charge is 2.26. The summed E-state index contributed by atoms with van der Waals surface area (Å²) in [6.07, 6.45) is 2.80. The number of amides is 2. The van der Waals surface area contributed by atoms with Crippen LogP contribution in [0.2, 0.25) is 10.0 Å². The molecule has 0 radical (unpaired) electrons. The lowest BCUT2D eigenvalue weighted by atomic mass is 9.88. The van der Waals surface area contributed by atoms with Crippen molar-refractivity contribution in [3.8, 4) is 11.8 Å². The van der Waals surface area contributed by atoms with Gasteiger partial charge in [-0.05, 0) is 97.0 Å². The van der Waals surface area contributed by atoms with Crippen LogP contribution < -0.4 is 4.74 Å². The number of nitrogens with zero attached hydrogens (tertiary/aromatic N) is 4. The van der Waals surface area contributed by atoms with Crippen LogP contribution in [0.5, 0.6) is 5.75 Å². The predicted octanol–water partition coefficient (Wildman–Crippen LogP) is 7.61. The molecule has 1 saturated heterocycles. The monoisotopic (exact) mass is 670 g/mol. The summed E-state index contributed by atoms with van der Waals surface area (Å²) in [6, 6.07) is 27.1. The number of carbonyl (C=O) groups excluding carboxylic acids is 2. The van der Waals surface area contributed by atoms with Crippen molar-refractivity contribution in [2.75, 3.05) is 53.9 Å². The maximum absolute atomic E-state index is 13.9. The van der Waals surface area contributed by atoms with Gasteiger partial charge in [-0.2, -0.15) is 5.26 Å². The van der Waals surface area contributed by atoms with Crippen LogP contribution >= 0.6 is 23.2 Å². The molecule has 9 heteroatoms. The Balaban J connectivity index is 1.27. The first-order valence-electron chi connectivity index (χ1n) is 15.9. The van der Waals surface area contributed by atoms with E-state index in [-0.39, 0.29) is 24.3 Å². The average Bonchev–Trinajstić information content (AvgIpc) is 3.09. The number of benzene rings is 4. The average molecular weight is 672 g/mol. The second kappa shape index (κ2) is 15.7. The molecule has 47 heavy (non-hydrogen) atoms. The van der Waals surface area contributed by atoms with E-state index in [1.54, 1.807) is 25.1 Å². The lowest BCUT2D eigenvalue weighted by Gasteiger charge is -2.34. The predicted molar refractivity (Wildman–Crippen MR) is 188 cm³/mol. The molecule has 2 amide bonds. The standard InChI is InChI=1S/C38H40Cl2N4O3/c1-42(2)37(45)25-47-36-11-7-6-10-32(36)27-14-17-44(18-15-27)19-16-30(28-12-13-34(39)35(40)22-28)24-43(3)38(46)33-21-26(23-41)20-29-8-4-5-9-31(29)33/h4-13,20-22,27,30H,14-19,24-25H2,1-3H3. The minimum absolute atomic E-state index is 0.0187. The fraction of sp³-hybridized carbons (Fsp3) is 0.342. The topological polar surface area (TPSA) is 76.9 Å². The molecule has 0 aliphatic carbocycles. The zero-order valence-electron chi connectivity index (χ0n) is 27.1. The number of para-hydroxylation sites is 1. The third-order valence-electron chi connectivity index (χ3n) is 9.07. The Hall–Kier alpha value is -4.09. The molecular weight excluding hydrogens is 631 g/mol. The molecule has 1 heterocycles. The van der Waals surface area contributed by atoms with Crippen molar-refractivity contribution in [3.05, 3.63) is 111 Å². The van der Waals surface area contributed by atoms with Crippen LogP contribution in [0, 0.1) is 11.3 Å². The maximum atomic E-state index is 13.9. The van der Waals surface area contributed by atoms with E-state index in [2.05, 4.69) is 17.0 Å². The van der Waals surface area contributed by atoms with Gasteiger partial charge in [-0.25, -0.2) is 0 Å². The normalized spacial score (nSPS) is 14.4. The van der Waals surface area contributed by atoms with Crippen molar-refractivity contribution < 1.29 is 14.3 Å². The molecule has 5 rings (SSSR count). The van der Waals surface area contributed by atoms with E-state index in [0.717, 1.165) is 66.5 Å². The number of hydrogen-bond donors (Lipinski definition) is 0. The summed E-state index contributed by atoms with van der Waals surface area (Å²) in [6.45, 7) is 3.24. The Labute approximate surface area is 287 Å². The van der Waals surface area contributed by atoms with E-state index >= 15 is 0 Å². The van der Waals surface area contributed by atoms with Crippen LogP contribution in [0.3, 0.4) is 0 Å².